The molecular formula is C7H16ClNO. The van der Waals surface area contributed by atoms with Gasteiger partial charge in [-0.2, -0.15) is 0 Å². The maximum atomic E-state index is 8.95. The number of rotatable bonds is 5. The van der Waals surface area contributed by atoms with E-state index in [0.717, 1.165) is 19.5 Å². The van der Waals surface area contributed by atoms with Crippen molar-refractivity contribution in [1.82, 2.24) is 4.90 Å². The zero-order valence-electron chi connectivity index (χ0n) is 6.68. The number of likely N-dealkylation sites (N-methyl/N-ethyl adjacent to an activating group) is 1. The highest BCUT2D eigenvalue weighted by Gasteiger charge is 2.00. The minimum absolute atomic E-state index is 0.236. The van der Waals surface area contributed by atoms with Gasteiger partial charge in [0, 0.05) is 12.4 Å². The van der Waals surface area contributed by atoms with Crippen LogP contribution in [0.4, 0.5) is 0 Å². The Morgan fingerprint density at radius 2 is 2.20 bits per heavy atom. The predicted molar refractivity (Wildman–Crippen MR) is 44.5 cm³/mol. The summed E-state index contributed by atoms with van der Waals surface area (Å²) in [5.74, 6) is 0.699. The van der Waals surface area contributed by atoms with E-state index in [-0.39, 0.29) is 6.10 Å². The Hall–Kier alpha value is 0.210. The van der Waals surface area contributed by atoms with Crippen molar-refractivity contribution in [2.24, 2.45) is 0 Å². The van der Waals surface area contributed by atoms with Gasteiger partial charge in [-0.3, -0.25) is 0 Å². The standard InChI is InChI=1S/C7H16ClNO/c1-7(10)6-9(2)5-3-4-8/h7,10H,3-6H2,1-2H3. The molecule has 0 saturated carbocycles. The molecule has 62 valence electrons. The van der Waals surface area contributed by atoms with Gasteiger partial charge in [0.05, 0.1) is 6.10 Å². The fourth-order valence-corrected chi connectivity index (χ4v) is 0.992. The zero-order chi connectivity index (χ0) is 7.98. The summed E-state index contributed by atoms with van der Waals surface area (Å²) >= 11 is 5.49. The summed E-state index contributed by atoms with van der Waals surface area (Å²) in [4.78, 5) is 2.08. The Kier molecular flexibility index (Phi) is 6.08. The van der Waals surface area contributed by atoms with E-state index < -0.39 is 0 Å². The van der Waals surface area contributed by atoms with Crippen LogP contribution in [0.15, 0.2) is 0 Å². The lowest BCUT2D eigenvalue weighted by Gasteiger charge is -2.16. The van der Waals surface area contributed by atoms with Crippen molar-refractivity contribution in [2.75, 3.05) is 26.0 Å². The van der Waals surface area contributed by atoms with Crippen molar-refractivity contribution in [2.45, 2.75) is 19.4 Å². The lowest BCUT2D eigenvalue weighted by atomic mass is 10.3. The molecule has 0 bridgehead atoms. The van der Waals surface area contributed by atoms with Crippen LogP contribution in [0.3, 0.4) is 0 Å². The second-order valence-corrected chi connectivity index (χ2v) is 3.03. The first-order chi connectivity index (χ1) is 4.66. The first-order valence-electron chi connectivity index (χ1n) is 3.59. The second kappa shape index (κ2) is 5.96. The predicted octanol–water partition coefficient (Wildman–Crippen LogP) is 0.928. The van der Waals surface area contributed by atoms with Gasteiger partial charge in [-0.25, -0.2) is 0 Å². The van der Waals surface area contributed by atoms with E-state index in [2.05, 4.69) is 4.90 Å². The highest BCUT2D eigenvalue weighted by Crippen LogP contribution is 1.91. The number of alkyl halides is 1. The summed E-state index contributed by atoms with van der Waals surface area (Å²) in [5.41, 5.74) is 0. The lowest BCUT2D eigenvalue weighted by Crippen LogP contribution is -2.28. The van der Waals surface area contributed by atoms with E-state index in [9.17, 15) is 0 Å². The molecule has 0 saturated heterocycles. The number of hydrogen-bond donors (Lipinski definition) is 1. The molecule has 3 heteroatoms. The molecule has 0 aliphatic carbocycles. The maximum absolute atomic E-state index is 8.95. The van der Waals surface area contributed by atoms with Gasteiger partial charge in [-0.1, -0.05) is 0 Å². The van der Waals surface area contributed by atoms with Gasteiger partial charge in [0.25, 0.3) is 0 Å². The van der Waals surface area contributed by atoms with Crippen LogP contribution < -0.4 is 0 Å². The number of aliphatic hydroxyl groups is 1. The second-order valence-electron chi connectivity index (χ2n) is 2.65. The highest BCUT2D eigenvalue weighted by atomic mass is 35.5. The van der Waals surface area contributed by atoms with E-state index in [1.165, 1.54) is 0 Å². The summed E-state index contributed by atoms with van der Waals surface area (Å²) in [6.07, 6.45) is 0.755. The highest BCUT2D eigenvalue weighted by molar-refractivity contribution is 6.17. The molecule has 0 aliphatic heterocycles. The Labute approximate surface area is 67.8 Å². The number of aliphatic hydroxyl groups excluding tert-OH is 1. The van der Waals surface area contributed by atoms with Gasteiger partial charge in [-0.15, -0.1) is 11.6 Å². The summed E-state index contributed by atoms with van der Waals surface area (Å²) in [6, 6.07) is 0. The van der Waals surface area contributed by atoms with Crippen LogP contribution in [0.2, 0.25) is 0 Å². The lowest BCUT2D eigenvalue weighted by molar-refractivity contribution is 0.142. The molecule has 0 aliphatic rings. The first kappa shape index (κ1) is 10.2. The van der Waals surface area contributed by atoms with Crippen LogP contribution in [0.5, 0.6) is 0 Å². The van der Waals surface area contributed by atoms with Crippen LogP contribution >= 0.6 is 11.6 Å². The van der Waals surface area contributed by atoms with Crippen molar-refractivity contribution in [3.8, 4) is 0 Å². The smallest absolute Gasteiger partial charge is 0.0638 e. The molecule has 1 atom stereocenters. The third kappa shape index (κ3) is 6.33. The van der Waals surface area contributed by atoms with Crippen LogP contribution in [-0.4, -0.2) is 42.1 Å². The van der Waals surface area contributed by atoms with Gasteiger partial charge in [0.15, 0.2) is 0 Å². The minimum Gasteiger partial charge on any atom is -0.392 e. The topological polar surface area (TPSA) is 23.5 Å². The van der Waals surface area contributed by atoms with Gasteiger partial charge in [0.2, 0.25) is 0 Å². The average molecular weight is 166 g/mol. The van der Waals surface area contributed by atoms with Gasteiger partial charge in [-0.05, 0) is 26.9 Å². The van der Waals surface area contributed by atoms with Crippen LogP contribution in [0.25, 0.3) is 0 Å². The number of halogens is 1. The van der Waals surface area contributed by atoms with Crippen molar-refractivity contribution in [1.29, 1.82) is 0 Å². The molecule has 1 unspecified atom stereocenters. The Balaban J connectivity index is 3.16. The van der Waals surface area contributed by atoms with E-state index in [1.807, 2.05) is 7.05 Å². The third-order valence-corrected chi connectivity index (χ3v) is 1.52. The maximum Gasteiger partial charge on any atom is 0.0638 e. The molecule has 0 radical (unpaired) electrons. The Morgan fingerprint density at radius 3 is 2.60 bits per heavy atom. The van der Waals surface area contributed by atoms with Crippen LogP contribution in [0, 0.1) is 0 Å². The summed E-state index contributed by atoms with van der Waals surface area (Å²) in [6.45, 7) is 3.49. The fourth-order valence-electron chi connectivity index (χ4n) is 0.872. The molecular weight excluding hydrogens is 150 g/mol. The Morgan fingerprint density at radius 1 is 1.60 bits per heavy atom. The molecule has 0 heterocycles. The summed E-state index contributed by atoms with van der Waals surface area (Å²) in [7, 11) is 1.99. The molecule has 0 rings (SSSR count). The van der Waals surface area contributed by atoms with Crippen molar-refractivity contribution >= 4 is 11.6 Å². The molecule has 0 aromatic rings. The average Bonchev–Trinajstić information content (AvgIpc) is 1.82. The molecule has 0 fully saturated rings. The minimum atomic E-state index is -0.236. The van der Waals surface area contributed by atoms with Crippen molar-refractivity contribution < 1.29 is 5.11 Å². The third-order valence-electron chi connectivity index (χ3n) is 1.25. The Bertz CT molecular complexity index is 78.0. The van der Waals surface area contributed by atoms with Crippen LogP contribution in [-0.2, 0) is 0 Å². The van der Waals surface area contributed by atoms with E-state index in [1.54, 1.807) is 6.92 Å². The molecule has 0 spiro atoms. The molecule has 0 aromatic carbocycles. The molecule has 10 heavy (non-hydrogen) atoms. The summed E-state index contributed by atoms with van der Waals surface area (Å²) < 4.78 is 0. The van der Waals surface area contributed by atoms with E-state index >= 15 is 0 Å². The van der Waals surface area contributed by atoms with Gasteiger partial charge >= 0.3 is 0 Å². The largest absolute Gasteiger partial charge is 0.392 e. The van der Waals surface area contributed by atoms with E-state index in [0.29, 0.717) is 5.88 Å². The normalized spacial score (nSPS) is 14.1. The zero-order valence-corrected chi connectivity index (χ0v) is 7.43. The number of hydrogen-bond acceptors (Lipinski definition) is 2. The fraction of sp³-hybridized carbons (Fsp3) is 1.00. The van der Waals surface area contributed by atoms with Crippen molar-refractivity contribution in [3.05, 3.63) is 0 Å². The van der Waals surface area contributed by atoms with E-state index in [4.69, 9.17) is 16.7 Å². The SMILES string of the molecule is CC(O)CN(C)CCCCl. The summed E-state index contributed by atoms with van der Waals surface area (Å²) in [5, 5.41) is 8.95. The molecule has 1 N–H and O–H groups in total. The quantitative estimate of drug-likeness (QED) is 0.613. The van der Waals surface area contributed by atoms with Crippen LogP contribution in [0.1, 0.15) is 13.3 Å². The molecule has 0 amide bonds. The molecule has 0 aromatic heterocycles. The van der Waals surface area contributed by atoms with Gasteiger partial charge in [0.1, 0.15) is 0 Å². The first-order valence-corrected chi connectivity index (χ1v) is 4.13. The number of nitrogens with zero attached hydrogens (tertiary/aromatic N) is 1. The monoisotopic (exact) mass is 165 g/mol. The molecule has 2 nitrogen and oxygen atoms in total. The van der Waals surface area contributed by atoms with Crippen molar-refractivity contribution in [3.63, 3.8) is 0 Å². The van der Waals surface area contributed by atoms with Gasteiger partial charge < -0.3 is 10.0 Å².